The Morgan fingerprint density at radius 1 is 1.54 bits per heavy atom. The summed E-state index contributed by atoms with van der Waals surface area (Å²) in [6.07, 6.45) is 2.20. The Balaban J connectivity index is 2.13. The van der Waals surface area contributed by atoms with Crippen molar-refractivity contribution in [1.29, 1.82) is 0 Å². The number of carbonyl (C=O) groups excluding carboxylic acids is 2. The molecule has 1 atom stereocenters. The zero-order valence-electron chi connectivity index (χ0n) is 7.49. The quantitative estimate of drug-likeness (QED) is 0.473. The Bertz CT molecular complexity index is 242. The number of hydrogen-bond acceptors (Lipinski definition) is 4. The lowest BCUT2D eigenvalue weighted by Crippen LogP contribution is -2.44. The first-order chi connectivity index (χ1) is 6.23. The molecule has 2 bridgehead atoms. The maximum atomic E-state index is 11.4. The summed E-state index contributed by atoms with van der Waals surface area (Å²) in [6, 6.07) is 0. The van der Waals surface area contributed by atoms with Gasteiger partial charge in [0.25, 0.3) is 6.47 Å². The van der Waals surface area contributed by atoms with Gasteiger partial charge in [0.2, 0.25) is 0 Å². The third kappa shape index (κ3) is 0.975. The second-order valence-corrected chi connectivity index (χ2v) is 3.88. The number of methoxy groups -OCH3 is 1. The predicted octanol–water partition coefficient (Wildman–Crippen LogP) is 0.501. The molecule has 0 spiro atoms. The summed E-state index contributed by atoms with van der Waals surface area (Å²) in [6.45, 7) is 0.427. The molecule has 72 valence electrons. The zero-order valence-corrected chi connectivity index (χ0v) is 7.49. The molecule has 3 aliphatic rings. The first kappa shape index (κ1) is 8.53. The summed E-state index contributed by atoms with van der Waals surface area (Å²) in [4.78, 5) is 21.6. The van der Waals surface area contributed by atoms with Crippen molar-refractivity contribution in [2.24, 2.45) is 11.3 Å². The summed E-state index contributed by atoms with van der Waals surface area (Å²) in [5.41, 5.74) is -0.500. The van der Waals surface area contributed by atoms with Crippen molar-refractivity contribution >= 4 is 12.4 Å². The molecule has 3 saturated carbocycles. The van der Waals surface area contributed by atoms with Crippen molar-refractivity contribution < 1.29 is 19.1 Å². The van der Waals surface area contributed by atoms with Crippen LogP contribution in [-0.2, 0) is 19.1 Å². The molecule has 3 rings (SSSR count). The molecular formula is C9H12O4. The molecule has 0 aliphatic heterocycles. The highest BCUT2D eigenvalue weighted by molar-refractivity contribution is 5.80. The van der Waals surface area contributed by atoms with E-state index in [-0.39, 0.29) is 12.1 Å². The summed E-state index contributed by atoms with van der Waals surface area (Å²) >= 11 is 0. The molecule has 0 aromatic rings. The Kier molecular flexibility index (Phi) is 1.78. The number of rotatable bonds is 3. The Hall–Kier alpha value is -1.06. The third-order valence-electron chi connectivity index (χ3n) is 3.28. The van der Waals surface area contributed by atoms with Crippen LogP contribution < -0.4 is 0 Å². The summed E-state index contributed by atoms with van der Waals surface area (Å²) in [5, 5.41) is 0. The van der Waals surface area contributed by atoms with Crippen LogP contribution in [0, 0.1) is 11.3 Å². The fourth-order valence-electron chi connectivity index (χ4n) is 2.68. The van der Waals surface area contributed by atoms with Crippen molar-refractivity contribution in [2.45, 2.75) is 25.4 Å². The standard InChI is InChI=1S/C9H12O4/c1-12-8(11)9-3-6(4-9)2-7(9)13-5-10/h5-7H,2-4H2,1H3/t6?,7-,9?/m0/s1. The van der Waals surface area contributed by atoms with E-state index in [4.69, 9.17) is 9.47 Å². The summed E-state index contributed by atoms with van der Waals surface area (Å²) < 4.78 is 9.62. The van der Waals surface area contributed by atoms with Gasteiger partial charge in [-0.1, -0.05) is 0 Å². The normalized spacial score (nSPS) is 40.7. The number of esters is 1. The molecule has 13 heavy (non-hydrogen) atoms. The molecular weight excluding hydrogens is 172 g/mol. The van der Waals surface area contributed by atoms with Gasteiger partial charge in [-0.15, -0.1) is 0 Å². The molecule has 0 N–H and O–H groups in total. The van der Waals surface area contributed by atoms with Gasteiger partial charge in [0, 0.05) is 0 Å². The van der Waals surface area contributed by atoms with Crippen molar-refractivity contribution in [3.63, 3.8) is 0 Å². The topological polar surface area (TPSA) is 52.6 Å². The minimum Gasteiger partial charge on any atom is -0.468 e. The van der Waals surface area contributed by atoms with Crippen molar-refractivity contribution in [2.75, 3.05) is 7.11 Å². The minimum absolute atomic E-state index is 0.229. The number of hydrogen-bond donors (Lipinski definition) is 0. The highest BCUT2D eigenvalue weighted by atomic mass is 16.5. The van der Waals surface area contributed by atoms with E-state index in [1.54, 1.807) is 0 Å². The van der Waals surface area contributed by atoms with Crippen LogP contribution in [-0.4, -0.2) is 25.7 Å². The van der Waals surface area contributed by atoms with E-state index >= 15 is 0 Å². The first-order valence-corrected chi connectivity index (χ1v) is 4.40. The molecule has 0 radical (unpaired) electrons. The van der Waals surface area contributed by atoms with E-state index in [9.17, 15) is 9.59 Å². The zero-order chi connectivity index (χ0) is 9.47. The van der Waals surface area contributed by atoms with Crippen LogP contribution in [0.3, 0.4) is 0 Å². The fraction of sp³-hybridized carbons (Fsp3) is 0.778. The Morgan fingerprint density at radius 3 is 2.77 bits per heavy atom. The Labute approximate surface area is 76.2 Å². The van der Waals surface area contributed by atoms with E-state index in [0.29, 0.717) is 12.4 Å². The second-order valence-electron chi connectivity index (χ2n) is 3.88. The van der Waals surface area contributed by atoms with Crippen LogP contribution in [0.15, 0.2) is 0 Å². The SMILES string of the molecule is COC(=O)C12CC(C[C@@H]1OC=O)C2. The Morgan fingerprint density at radius 2 is 2.23 bits per heavy atom. The third-order valence-corrected chi connectivity index (χ3v) is 3.28. The van der Waals surface area contributed by atoms with E-state index in [0.717, 1.165) is 19.3 Å². The van der Waals surface area contributed by atoms with Crippen LogP contribution in [0.4, 0.5) is 0 Å². The smallest absolute Gasteiger partial charge is 0.315 e. The maximum absolute atomic E-state index is 11.4. The van der Waals surface area contributed by atoms with Crippen LogP contribution in [0.5, 0.6) is 0 Å². The molecule has 0 unspecified atom stereocenters. The molecule has 4 nitrogen and oxygen atoms in total. The molecule has 0 aromatic heterocycles. The van der Waals surface area contributed by atoms with E-state index < -0.39 is 5.41 Å². The van der Waals surface area contributed by atoms with Crippen LogP contribution in [0.25, 0.3) is 0 Å². The van der Waals surface area contributed by atoms with E-state index in [2.05, 4.69) is 0 Å². The molecule has 0 saturated heterocycles. The van der Waals surface area contributed by atoms with Gasteiger partial charge in [-0.3, -0.25) is 9.59 Å². The average Bonchev–Trinajstić information content (AvgIpc) is 2.57. The van der Waals surface area contributed by atoms with Gasteiger partial charge >= 0.3 is 5.97 Å². The van der Waals surface area contributed by atoms with E-state index in [1.807, 2.05) is 0 Å². The molecule has 0 amide bonds. The van der Waals surface area contributed by atoms with Crippen molar-refractivity contribution in [3.8, 4) is 0 Å². The molecule has 0 aromatic carbocycles. The average molecular weight is 184 g/mol. The summed E-state index contributed by atoms with van der Waals surface area (Å²) in [7, 11) is 1.38. The molecule has 4 heteroatoms. The lowest BCUT2D eigenvalue weighted by Gasteiger charge is -2.36. The van der Waals surface area contributed by atoms with Crippen molar-refractivity contribution in [1.82, 2.24) is 0 Å². The monoisotopic (exact) mass is 184 g/mol. The van der Waals surface area contributed by atoms with Gasteiger partial charge in [-0.25, -0.2) is 0 Å². The molecule has 3 fully saturated rings. The van der Waals surface area contributed by atoms with Crippen molar-refractivity contribution in [3.05, 3.63) is 0 Å². The first-order valence-electron chi connectivity index (χ1n) is 4.40. The number of ether oxygens (including phenoxy) is 2. The number of fused-ring (bicyclic) bond motifs is 1. The highest BCUT2D eigenvalue weighted by Gasteiger charge is 2.64. The van der Waals surface area contributed by atoms with Crippen LogP contribution >= 0.6 is 0 Å². The fourth-order valence-corrected chi connectivity index (χ4v) is 2.68. The lowest BCUT2D eigenvalue weighted by atomic mass is 9.69. The maximum Gasteiger partial charge on any atom is 0.315 e. The largest absolute Gasteiger partial charge is 0.468 e. The lowest BCUT2D eigenvalue weighted by molar-refractivity contribution is -0.167. The van der Waals surface area contributed by atoms with Gasteiger partial charge in [-0.2, -0.15) is 0 Å². The van der Waals surface area contributed by atoms with E-state index in [1.165, 1.54) is 7.11 Å². The predicted molar refractivity (Wildman–Crippen MR) is 42.7 cm³/mol. The van der Waals surface area contributed by atoms with Gasteiger partial charge < -0.3 is 9.47 Å². The van der Waals surface area contributed by atoms with Gasteiger partial charge in [-0.05, 0) is 25.2 Å². The summed E-state index contributed by atoms with van der Waals surface area (Å²) in [5.74, 6) is 0.317. The highest BCUT2D eigenvalue weighted by Crippen LogP contribution is 2.60. The number of carbonyl (C=O) groups is 2. The minimum atomic E-state index is -0.500. The van der Waals surface area contributed by atoms with Gasteiger partial charge in [0.1, 0.15) is 11.5 Å². The molecule has 0 heterocycles. The van der Waals surface area contributed by atoms with Crippen LogP contribution in [0.1, 0.15) is 19.3 Å². The van der Waals surface area contributed by atoms with Gasteiger partial charge in [0.15, 0.2) is 0 Å². The van der Waals surface area contributed by atoms with Gasteiger partial charge in [0.05, 0.1) is 7.11 Å². The molecule has 3 aliphatic carbocycles. The second kappa shape index (κ2) is 2.72. The van der Waals surface area contributed by atoms with Crippen LogP contribution in [0.2, 0.25) is 0 Å².